The molecule has 0 saturated carbocycles. The van der Waals surface area contributed by atoms with Crippen molar-refractivity contribution in [3.05, 3.63) is 56.0 Å². The molecule has 3 heterocycles. The summed E-state index contributed by atoms with van der Waals surface area (Å²) in [4.78, 5) is 27.6. The lowest BCUT2D eigenvalue weighted by atomic mass is 9.89. The fraction of sp³-hybridized carbons (Fsp3) is 0.312. The summed E-state index contributed by atoms with van der Waals surface area (Å²) in [5.41, 5.74) is -4.89. The van der Waals surface area contributed by atoms with Gasteiger partial charge in [0.15, 0.2) is 23.2 Å². The quantitative estimate of drug-likeness (QED) is 0.0914. The largest absolute Gasteiger partial charge is 0.508 e. The van der Waals surface area contributed by atoms with E-state index in [0.717, 1.165) is 24.3 Å². The molecular formula is C32H28O17. The minimum absolute atomic E-state index is 0.0706. The zero-order chi connectivity index (χ0) is 35.2. The summed E-state index contributed by atoms with van der Waals surface area (Å²) in [6.45, 7) is -0.752. The Morgan fingerprint density at radius 2 is 1.43 bits per heavy atom. The molecule has 258 valence electrons. The Balaban J connectivity index is 1.44. The van der Waals surface area contributed by atoms with Crippen molar-refractivity contribution in [1.29, 1.82) is 0 Å². The normalized spacial score (nSPS) is 25.6. The van der Waals surface area contributed by atoms with Crippen LogP contribution in [0.1, 0.15) is 36.4 Å². The molecule has 0 unspecified atom stereocenters. The third kappa shape index (κ3) is 4.82. The highest BCUT2D eigenvalue weighted by atomic mass is 16.7. The van der Waals surface area contributed by atoms with Crippen molar-refractivity contribution in [2.24, 2.45) is 0 Å². The van der Waals surface area contributed by atoms with Crippen molar-refractivity contribution in [2.75, 3.05) is 6.61 Å². The monoisotopic (exact) mass is 684 g/mol. The van der Waals surface area contributed by atoms with Gasteiger partial charge in [-0.15, -0.1) is 0 Å². The van der Waals surface area contributed by atoms with Crippen molar-refractivity contribution in [2.45, 2.75) is 55.8 Å². The summed E-state index contributed by atoms with van der Waals surface area (Å²) < 4.78 is 22.7. The molecule has 1 aliphatic heterocycles. The highest BCUT2D eigenvalue weighted by Crippen LogP contribution is 2.50. The number of benzene rings is 3. The molecule has 0 bridgehead atoms. The van der Waals surface area contributed by atoms with Gasteiger partial charge in [0.25, 0.3) is 0 Å². The number of phenolic OH excluding ortho intramolecular Hbond substituents is 6. The lowest BCUT2D eigenvalue weighted by Crippen LogP contribution is -2.59. The lowest BCUT2D eigenvalue weighted by Gasteiger charge is -2.41. The highest BCUT2D eigenvalue weighted by Gasteiger charge is 2.46. The van der Waals surface area contributed by atoms with Gasteiger partial charge in [0.05, 0.1) is 23.8 Å². The average Bonchev–Trinajstić information content (AvgIpc) is 3.04. The molecule has 17 heteroatoms. The molecule has 11 N–H and O–H groups in total. The van der Waals surface area contributed by atoms with Crippen LogP contribution >= 0.6 is 0 Å². The van der Waals surface area contributed by atoms with E-state index in [1.807, 2.05) is 0 Å². The molecule has 5 aromatic rings. The molecule has 17 nitrogen and oxygen atoms in total. The summed E-state index contributed by atoms with van der Waals surface area (Å²) in [7, 11) is 0. The van der Waals surface area contributed by atoms with Crippen LogP contribution in [0.3, 0.4) is 0 Å². The van der Waals surface area contributed by atoms with Gasteiger partial charge in [-0.1, -0.05) is 0 Å². The maximum absolute atomic E-state index is 14.1. The van der Waals surface area contributed by atoms with Crippen LogP contribution in [-0.4, -0.2) is 93.5 Å². The first-order valence-corrected chi connectivity index (χ1v) is 14.8. The zero-order valence-corrected chi connectivity index (χ0v) is 24.8. The summed E-state index contributed by atoms with van der Waals surface area (Å²) in [5, 5.41) is 114. The van der Waals surface area contributed by atoms with Crippen molar-refractivity contribution in [3.8, 4) is 45.6 Å². The Morgan fingerprint density at radius 1 is 0.714 bits per heavy atom. The van der Waals surface area contributed by atoms with Crippen LogP contribution in [-0.2, 0) is 9.47 Å². The molecule has 49 heavy (non-hydrogen) atoms. The molecule has 1 saturated heterocycles. The minimum Gasteiger partial charge on any atom is -0.508 e. The Labute approximate surface area is 271 Å². The minimum atomic E-state index is -1.83. The smallest absolute Gasteiger partial charge is 0.208 e. The molecule has 1 fully saturated rings. The van der Waals surface area contributed by atoms with Crippen molar-refractivity contribution in [1.82, 2.24) is 0 Å². The van der Waals surface area contributed by atoms with Gasteiger partial charge in [0.1, 0.15) is 86.8 Å². The van der Waals surface area contributed by atoms with Crippen LogP contribution < -0.4 is 10.9 Å². The Morgan fingerprint density at radius 3 is 2.14 bits per heavy atom. The summed E-state index contributed by atoms with van der Waals surface area (Å²) in [6.07, 6.45) is -11.3. The Hall–Kier alpha value is -5.14. The molecule has 0 amide bonds. The topological polar surface area (TPSA) is 301 Å². The van der Waals surface area contributed by atoms with Crippen LogP contribution in [0.4, 0.5) is 0 Å². The molecular weight excluding hydrogens is 656 g/mol. The second-order valence-electron chi connectivity index (χ2n) is 11.9. The maximum atomic E-state index is 14.1. The van der Waals surface area contributed by atoms with Gasteiger partial charge in [-0.3, -0.25) is 9.59 Å². The molecule has 3 aromatic carbocycles. The van der Waals surface area contributed by atoms with Crippen molar-refractivity contribution >= 4 is 32.9 Å². The van der Waals surface area contributed by atoms with Crippen molar-refractivity contribution in [3.63, 3.8) is 0 Å². The maximum Gasteiger partial charge on any atom is 0.208 e. The first-order valence-electron chi connectivity index (χ1n) is 14.8. The zero-order valence-electron chi connectivity index (χ0n) is 24.8. The van der Waals surface area contributed by atoms with Gasteiger partial charge in [-0.05, 0) is 18.9 Å². The van der Waals surface area contributed by atoms with Gasteiger partial charge in [0.2, 0.25) is 10.9 Å². The number of fused-ring (bicyclic) bond motifs is 4. The third-order valence-electron chi connectivity index (χ3n) is 8.90. The molecule has 2 aromatic heterocycles. The van der Waals surface area contributed by atoms with E-state index >= 15 is 0 Å². The van der Waals surface area contributed by atoms with Gasteiger partial charge >= 0.3 is 0 Å². The van der Waals surface area contributed by atoms with Crippen LogP contribution in [0.15, 0.2) is 42.7 Å². The second-order valence-corrected chi connectivity index (χ2v) is 11.9. The van der Waals surface area contributed by atoms with E-state index in [0.29, 0.717) is 0 Å². The predicted octanol–water partition coefficient (Wildman–Crippen LogP) is 0.638. The molecule has 2 aliphatic rings. The van der Waals surface area contributed by atoms with Gasteiger partial charge in [-0.2, -0.15) is 0 Å². The fourth-order valence-electron chi connectivity index (χ4n) is 6.52. The summed E-state index contributed by atoms with van der Waals surface area (Å²) in [5.74, 6) is -4.89. The molecule has 0 spiro atoms. The number of phenols is 6. The number of aliphatic hydroxyl groups is 5. The number of rotatable bonds is 4. The number of ether oxygens (including phenoxy) is 2. The first kappa shape index (κ1) is 32.4. The van der Waals surface area contributed by atoms with E-state index < -0.39 is 139 Å². The first-order chi connectivity index (χ1) is 23.2. The Kier molecular flexibility index (Phi) is 7.60. The fourth-order valence-corrected chi connectivity index (χ4v) is 6.52. The highest BCUT2D eigenvalue weighted by molar-refractivity contribution is 6.07. The van der Waals surface area contributed by atoms with E-state index in [9.17, 15) is 65.8 Å². The number of aliphatic hydroxyl groups excluding tert-OH is 5. The summed E-state index contributed by atoms with van der Waals surface area (Å²) in [6, 6.07) is 3.44. The van der Waals surface area contributed by atoms with E-state index in [1.165, 1.54) is 0 Å². The predicted molar refractivity (Wildman–Crippen MR) is 163 cm³/mol. The average molecular weight is 685 g/mol. The molecule has 7 rings (SSSR count). The van der Waals surface area contributed by atoms with Crippen LogP contribution in [0.2, 0.25) is 0 Å². The van der Waals surface area contributed by atoms with Crippen LogP contribution in [0.5, 0.6) is 34.5 Å². The van der Waals surface area contributed by atoms with Gasteiger partial charge in [0, 0.05) is 23.8 Å². The van der Waals surface area contributed by atoms with E-state index in [4.69, 9.17) is 18.3 Å². The van der Waals surface area contributed by atoms with Gasteiger partial charge in [-0.25, -0.2) is 0 Å². The molecule has 7 atom stereocenters. The standard InChI is InChI=1S/C32H28O17/c33-7-17-24(41)27(44)28(45)32(48-17)47-15-2-1-10(35)29-21(15)26(43)20-13(38)6-12(37)18(31(20)49-29)9-5-14(39)30-22(23(9)40)25(42)19-11(36)3-8(34)4-16(19)46-30/h3-6,10,15,17,24,27-28,32-41,44-45H,1-2,7H2/t10-,15-,17+,24+,27-,28+,32+/m0/s1. The van der Waals surface area contributed by atoms with Crippen LogP contribution in [0.25, 0.3) is 44.0 Å². The number of aromatic hydroxyl groups is 6. The van der Waals surface area contributed by atoms with Gasteiger partial charge < -0.3 is 74.5 Å². The van der Waals surface area contributed by atoms with Crippen molar-refractivity contribution < 1.29 is 74.5 Å². The van der Waals surface area contributed by atoms with E-state index in [2.05, 4.69) is 0 Å². The van der Waals surface area contributed by atoms with Crippen LogP contribution in [0, 0.1) is 0 Å². The summed E-state index contributed by atoms with van der Waals surface area (Å²) >= 11 is 0. The number of hydrogen-bond acceptors (Lipinski definition) is 17. The van der Waals surface area contributed by atoms with E-state index in [-0.39, 0.29) is 24.0 Å². The Bertz CT molecular complexity index is 2290. The lowest BCUT2D eigenvalue weighted by molar-refractivity contribution is -0.314. The number of hydrogen-bond donors (Lipinski definition) is 11. The third-order valence-corrected chi connectivity index (χ3v) is 8.90. The second kappa shape index (κ2) is 11.5. The molecule has 1 aliphatic carbocycles. The SMILES string of the molecule is O=c1c2c(oc3c(-c4cc(O)c5oc6cc(O)cc(O)c6c(=O)c5c4O)c(O)cc(O)c13)[C@@H](O)CC[C@@H]2O[C@@H]1O[C@H](CO)[C@@H](O)[C@H](O)[C@H]1O. The van der Waals surface area contributed by atoms with E-state index in [1.54, 1.807) is 0 Å². The molecule has 0 radical (unpaired) electrons.